The number of hydrogen-bond acceptors (Lipinski definition) is 2. The van der Waals surface area contributed by atoms with E-state index in [2.05, 4.69) is 26.1 Å². The molecule has 20 heavy (non-hydrogen) atoms. The van der Waals surface area contributed by atoms with Crippen molar-refractivity contribution >= 4 is 0 Å². The van der Waals surface area contributed by atoms with Gasteiger partial charge in [-0.1, -0.05) is 52.2 Å². The first-order chi connectivity index (χ1) is 9.65. The number of ether oxygens (including phenoxy) is 1. The quantitative estimate of drug-likeness (QED) is 0.636. The lowest BCUT2D eigenvalue weighted by Crippen LogP contribution is -2.19. The summed E-state index contributed by atoms with van der Waals surface area (Å²) in [7, 11) is 0. The fourth-order valence-corrected chi connectivity index (χ4v) is 2.05. The van der Waals surface area contributed by atoms with Crippen molar-refractivity contribution in [2.24, 2.45) is 5.92 Å². The summed E-state index contributed by atoms with van der Waals surface area (Å²) >= 11 is 0. The smallest absolute Gasteiger partial charge is 0.165 e. The van der Waals surface area contributed by atoms with Crippen LogP contribution in [-0.4, -0.2) is 13.2 Å². The van der Waals surface area contributed by atoms with Gasteiger partial charge in [-0.3, -0.25) is 0 Å². The lowest BCUT2D eigenvalue weighted by Gasteiger charge is -2.14. The minimum absolute atomic E-state index is 0.260. The summed E-state index contributed by atoms with van der Waals surface area (Å²) in [6.07, 6.45) is 4.54. The number of benzene rings is 1. The van der Waals surface area contributed by atoms with Crippen LogP contribution >= 0.6 is 0 Å². The molecule has 0 heterocycles. The summed E-state index contributed by atoms with van der Waals surface area (Å²) in [5.74, 6) is 0.742. The monoisotopic (exact) mass is 281 g/mol. The van der Waals surface area contributed by atoms with Gasteiger partial charge in [-0.2, -0.15) is 0 Å². The highest BCUT2D eigenvalue weighted by Gasteiger charge is 2.09. The van der Waals surface area contributed by atoms with Crippen LogP contribution in [0.2, 0.25) is 0 Å². The molecule has 0 saturated heterocycles. The summed E-state index contributed by atoms with van der Waals surface area (Å²) < 4.78 is 19.5. The molecule has 1 aromatic rings. The third-order valence-electron chi connectivity index (χ3n) is 3.16. The molecule has 0 aromatic heterocycles. The maximum absolute atomic E-state index is 13.9. The molecule has 0 aliphatic heterocycles. The zero-order chi connectivity index (χ0) is 14.8. The summed E-state index contributed by atoms with van der Waals surface area (Å²) in [4.78, 5) is 0. The van der Waals surface area contributed by atoms with Gasteiger partial charge in [0, 0.05) is 12.1 Å². The number of hydrogen-bond donors (Lipinski definition) is 1. The summed E-state index contributed by atoms with van der Waals surface area (Å²) in [6.45, 7) is 8.66. The molecule has 0 saturated carbocycles. The molecule has 0 aliphatic rings. The van der Waals surface area contributed by atoms with E-state index in [1.165, 1.54) is 18.9 Å². The summed E-state index contributed by atoms with van der Waals surface area (Å²) in [5.41, 5.74) is 0.904. The van der Waals surface area contributed by atoms with Crippen LogP contribution in [0.4, 0.5) is 4.39 Å². The van der Waals surface area contributed by atoms with Crippen LogP contribution in [0.1, 0.15) is 52.0 Å². The Labute approximate surface area is 122 Å². The number of halogens is 1. The normalized spacial score (nSPS) is 11.1. The Morgan fingerprint density at radius 2 is 2.00 bits per heavy atom. The van der Waals surface area contributed by atoms with Crippen LogP contribution in [0.25, 0.3) is 0 Å². The molecular formula is C17H28FNO. The van der Waals surface area contributed by atoms with Crippen molar-refractivity contribution in [2.75, 3.05) is 13.2 Å². The van der Waals surface area contributed by atoms with Crippen molar-refractivity contribution in [2.45, 2.75) is 53.0 Å². The van der Waals surface area contributed by atoms with Crippen molar-refractivity contribution in [3.8, 4) is 5.75 Å². The molecule has 0 spiro atoms. The highest BCUT2D eigenvalue weighted by molar-refractivity contribution is 5.34. The molecule has 114 valence electrons. The minimum atomic E-state index is -0.260. The van der Waals surface area contributed by atoms with Crippen LogP contribution in [0.5, 0.6) is 5.75 Å². The summed E-state index contributed by atoms with van der Waals surface area (Å²) in [6, 6.07) is 5.14. The average Bonchev–Trinajstić information content (AvgIpc) is 2.40. The highest BCUT2D eigenvalue weighted by Crippen LogP contribution is 2.23. The highest BCUT2D eigenvalue weighted by atomic mass is 19.1. The standard InChI is InChI=1S/C17H28FNO/c1-4-5-6-7-11-20-17-15(9-8-10-16(17)18)13-19-12-14(2)3/h8-10,14,19H,4-7,11-13H2,1-3H3. The third-order valence-corrected chi connectivity index (χ3v) is 3.16. The average molecular weight is 281 g/mol. The van der Waals surface area contributed by atoms with E-state index in [9.17, 15) is 4.39 Å². The Morgan fingerprint density at radius 1 is 1.20 bits per heavy atom. The first-order valence-electron chi connectivity index (χ1n) is 7.76. The first kappa shape index (κ1) is 17.0. The van der Waals surface area contributed by atoms with E-state index in [0.717, 1.165) is 24.9 Å². The molecule has 1 rings (SSSR count). The van der Waals surface area contributed by atoms with Crippen LogP contribution in [0, 0.1) is 11.7 Å². The molecule has 2 nitrogen and oxygen atoms in total. The van der Waals surface area contributed by atoms with E-state index >= 15 is 0 Å². The van der Waals surface area contributed by atoms with E-state index in [1.54, 1.807) is 6.07 Å². The van der Waals surface area contributed by atoms with Crippen molar-refractivity contribution in [3.05, 3.63) is 29.6 Å². The SMILES string of the molecule is CCCCCCOc1c(F)cccc1CNCC(C)C. The fraction of sp³-hybridized carbons (Fsp3) is 0.647. The molecule has 0 bridgehead atoms. The van der Waals surface area contributed by atoms with Gasteiger partial charge in [0.15, 0.2) is 11.6 Å². The van der Waals surface area contributed by atoms with E-state index < -0.39 is 0 Å². The van der Waals surface area contributed by atoms with Crippen molar-refractivity contribution in [1.29, 1.82) is 0 Å². The number of para-hydroxylation sites is 1. The molecule has 1 N–H and O–H groups in total. The van der Waals surface area contributed by atoms with Crippen LogP contribution in [0.3, 0.4) is 0 Å². The molecule has 0 amide bonds. The maximum Gasteiger partial charge on any atom is 0.165 e. The predicted molar refractivity (Wildman–Crippen MR) is 82.6 cm³/mol. The van der Waals surface area contributed by atoms with Crippen molar-refractivity contribution < 1.29 is 9.13 Å². The molecule has 0 fully saturated rings. The Kier molecular flexibility index (Phi) is 8.28. The number of rotatable bonds is 10. The fourth-order valence-electron chi connectivity index (χ4n) is 2.05. The van der Waals surface area contributed by atoms with Crippen LogP contribution in [-0.2, 0) is 6.54 Å². The van der Waals surface area contributed by atoms with Gasteiger partial charge in [0.1, 0.15) is 0 Å². The number of nitrogens with one attached hydrogen (secondary N) is 1. The van der Waals surface area contributed by atoms with E-state index in [-0.39, 0.29) is 5.82 Å². The topological polar surface area (TPSA) is 21.3 Å². The van der Waals surface area contributed by atoms with Gasteiger partial charge in [0.05, 0.1) is 6.61 Å². The van der Waals surface area contributed by atoms with Gasteiger partial charge in [-0.05, 0) is 24.9 Å². The lowest BCUT2D eigenvalue weighted by molar-refractivity contribution is 0.286. The molecule has 0 aliphatic carbocycles. The second kappa shape index (κ2) is 9.76. The zero-order valence-corrected chi connectivity index (χ0v) is 13.0. The maximum atomic E-state index is 13.9. The van der Waals surface area contributed by atoms with Gasteiger partial charge in [-0.15, -0.1) is 0 Å². The molecule has 3 heteroatoms. The van der Waals surface area contributed by atoms with Gasteiger partial charge in [-0.25, -0.2) is 4.39 Å². The van der Waals surface area contributed by atoms with Gasteiger partial charge < -0.3 is 10.1 Å². The molecular weight excluding hydrogens is 253 g/mol. The van der Waals surface area contributed by atoms with Crippen molar-refractivity contribution in [1.82, 2.24) is 5.32 Å². The second-order valence-electron chi connectivity index (χ2n) is 5.66. The van der Waals surface area contributed by atoms with Gasteiger partial charge >= 0.3 is 0 Å². The lowest BCUT2D eigenvalue weighted by atomic mass is 10.1. The van der Waals surface area contributed by atoms with Gasteiger partial charge in [0.2, 0.25) is 0 Å². The first-order valence-corrected chi connectivity index (χ1v) is 7.76. The second-order valence-corrected chi connectivity index (χ2v) is 5.66. The zero-order valence-electron chi connectivity index (χ0n) is 13.0. The Morgan fingerprint density at radius 3 is 2.70 bits per heavy atom. The molecule has 0 radical (unpaired) electrons. The Balaban J connectivity index is 2.49. The van der Waals surface area contributed by atoms with E-state index in [1.807, 2.05) is 6.07 Å². The molecule has 0 unspecified atom stereocenters. The molecule has 1 aromatic carbocycles. The van der Waals surface area contributed by atoms with Gasteiger partial charge in [0.25, 0.3) is 0 Å². The summed E-state index contributed by atoms with van der Waals surface area (Å²) in [5, 5.41) is 3.33. The minimum Gasteiger partial charge on any atom is -0.490 e. The van der Waals surface area contributed by atoms with E-state index in [0.29, 0.717) is 24.8 Å². The largest absolute Gasteiger partial charge is 0.490 e. The third kappa shape index (κ3) is 6.38. The van der Waals surface area contributed by atoms with Crippen LogP contribution in [0.15, 0.2) is 18.2 Å². The van der Waals surface area contributed by atoms with Crippen molar-refractivity contribution in [3.63, 3.8) is 0 Å². The Bertz CT molecular complexity index is 379. The Hall–Kier alpha value is -1.09. The molecule has 0 atom stereocenters. The predicted octanol–water partition coefficient (Wildman–Crippen LogP) is 4.53. The van der Waals surface area contributed by atoms with E-state index in [4.69, 9.17) is 4.74 Å². The number of unbranched alkanes of at least 4 members (excludes halogenated alkanes) is 3. The van der Waals surface area contributed by atoms with Crippen LogP contribution < -0.4 is 10.1 Å².